The van der Waals surface area contributed by atoms with E-state index in [0.717, 1.165) is 12.0 Å². The molecular formula is C17H20N4O3. The monoisotopic (exact) mass is 328 g/mol. The lowest BCUT2D eigenvalue weighted by molar-refractivity contribution is 0.102. The van der Waals surface area contributed by atoms with E-state index < -0.39 is 0 Å². The van der Waals surface area contributed by atoms with Crippen LogP contribution in [0.1, 0.15) is 22.3 Å². The molecule has 0 aliphatic heterocycles. The lowest BCUT2D eigenvalue weighted by Gasteiger charge is -2.14. The zero-order valence-corrected chi connectivity index (χ0v) is 13.6. The third kappa shape index (κ3) is 3.30. The van der Waals surface area contributed by atoms with E-state index in [1.54, 1.807) is 30.6 Å². The van der Waals surface area contributed by atoms with Crippen LogP contribution in [0.25, 0.3) is 0 Å². The molecule has 126 valence electrons. The average Bonchev–Trinajstić information content (AvgIpc) is 3.35. The van der Waals surface area contributed by atoms with E-state index >= 15 is 0 Å². The number of hydrogen-bond donors (Lipinski definition) is 3. The van der Waals surface area contributed by atoms with Crippen LogP contribution >= 0.6 is 0 Å². The Morgan fingerprint density at radius 2 is 2.21 bits per heavy atom. The Kier molecular flexibility index (Phi) is 4.61. The number of nitrogens with zero attached hydrogens (tertiary/aromatic N) is 2. The molecule has 0 saturated heterocycles. The van der Waals surface area contributed by atoms with E-state index in [4.69, 9.17) is 9.84 Å². The number of pyridine rings is 2. The summed E-state index contributed by atoms with van der Waals surface area (Å²) in [5, 5.41) is 15.2. The third-order valence-corrected chi connectivity index (χ3v) is 4.09. The number of methoxy groups -OCH3 is 1. The molecule has 1 aliphatic carbocycles. The molecule has 7 heteroatoms. The van der Waals surface area contributed by atoms with Gasteiger partial charge in [-0.05, 0) is 37.1 Å². The molecule has 0 bridgehead atoms. The maximum atomic E-state index is 12.7. The largest absolute Gasteiger partial charge is 0.480 e. The standard InChI is InChI=1S/C17H20N4O3/c1-10-5-7-19-17(24-2)14(10)21-16(23)12-4-3-6-18-15(12)20-13-8-11(13)9-22/h3-7,11,13,22H,8-9H2,1-2H3,(H,18,20)(H,21,23). The maximum Gasteiger partial charge on any atom is 0.259 e. The van der Waals surface area contributed by atoms with Gasteiger partial charge >= 0.3 is 0 Å². The number of aliphatic hydroxyl groups is 1. The highest BCUT2D eigenvalue weighted by molar-refractivity contribution is 6.08. The summed E-state index contributed by atoms with van der Waals surface area (Å²) in [6.45, 7) is 2.01. The number of aliphatic hydroxyl groups excluding tert-OH is 1. The van der Waals surface area contributed by atoms with Crippen LogP contribution in [0.5, 0.6) is 5.88 Å². The Bertz CT molecular complexity index is 750. The zero-order chi connectivity index (χ0) is 17.1. The fourth-order valence-electron chi connectivity index (χ4n) is 2.53. The van der Waals surface area contributed by atoms with Crippen LogP contribution in [0, 0.1) is 12.8 Å². The van der Waals surface area contributed by atoms with Crippen molar-refractivity contribution in [2.75, 3.05) is 24.4 Å². The molecule has 1 aliphatic rings. The van der Waals surface area contributed by atoms with Gasteiger partial charge in [0, 0.05) is 31.0 Å². The van der Waals surface area contributed by atoms with Gasteiger partial charge in [0.05, 0.1) is 12.7 Å². The minimum atomic E-state index is -0.291. The number of anilines is 2. The molecule has 3 N–H and O–H groups in total. The van der Waals surface area contributed by atoms with Gasteiger partial charge in [-0.2, -0.15) is 0 Å². The molecule has 2 aromatic rings. The first-order valence-electron chi connectivity index (χ1n) is 7.77. The van der Waals surface area contributed by atoms with Crippen molar-refractivity contribution in [3.8, 4) is 5.88 Å². The summed E-state index contributed by atoms with van der Waals surface area (Å²) < 4.78 is 5.21. The molecule has 1 fully saturated rings. The SMILES string of the molecule is COc1nccc(C)c1NC(=O)c1cccnc1NC1CC1CO. The summed E-state index contributed by atoms with van der Waals surface area (Å²) >= 11 is 0. The summed E-state index contributed by atoms with van der Waals surface area (Å²) in [4.78, 5) is 21.0. The van der Waals surface area contributed by atoms with Crippen molar-refractivity contribution < 1.29 is 14.6 Å². The van der Waals surface area contributed by atoms with Gasteiger partial charge in [-0.25, -0.2) is 9.97 Å². The van der Waals surface area contributed by atoms with Crippen molar-refractivity contribution in [2.45, 2.75) is 19.4 Å². The molecule has 2 heterocycles. The lowest BCUT2D eigenvalue weighted by atomic mass is 10.2. The Balaban J connectivity index is 1.81. The number of nitrogens with one attached hydrogen (secondary N) is 2. The number of carbonyl (C=O) groups is 1. The van der Waals surface area contributed by atoms with Crippen molar-refractivity contribution in [3.05, 3.63) is 41.7 Å². The Morgan fingerprint density at radius 1 is 1.38 bits per heavy atom. The van der Waals surface area contributed by atoms with E-state index in [1.165, 1.54) is 7.11 Å². The Hall–Kier alpha value is -2.67. The van der Waals surface area contributed by atoms with Gasteiger partial charge < -0.3 is 20.5 Å². The van der Waals surface area contributed by atoms with Gasteiger partial charge in [0.2, 0.25) is 5.88 Å². The lowest BCUT2D eigenvalue weighted by Crippen LogP contribution is -2.18. The van der Waals surface area contributed by atoms with Gasteiger partial charge in [-0.1, -0.05) is 0 Å². The number of rotatable bonds is 6. The van der Waals surface area contributed by atoms with Crippen LogP contribution < -0.4 is 15.4 Å². The minimum absolute atomic E-state index is 0.137. The van der Waals surface area contributed by atoms with Crippen molar-refractivity contribution in [1.29, 1.82) is 0 Å². The molecule has 0 radical (unpaired) electrons. The van der Waals surface area contributed by atoms with Gasteiger partial charge in [-0.3, -0.25) is 4.79 Å². The van der Waals surface area contributed by atoms with Gasteiger partial charge in [0.25, 0.3) is 5.91 Å². The van der Waals surface area contributed by atoms with E-state index in [9.17, 15) is 4.79 Å². The van der Waals surface area contributed by atoms with Crippen LogP contribution in [0.4, 0.5) is 11.5 Å². The number of amides is 1. The predicted octanol–water partition coefficient (Wildman–Crippen LogP) is 1.84. The third-order valence-electron chi connectivity index (χ3n) is 4.09. The second kappa shape index (κ2) is 6.84. The van der Waals surface area contributed by atoms with Crippen LogP contribution in [-0.2, 0) is 0 Å². The highest BCUT2D eigenvalue weighted by Gasteiger charge is 2.37. The van der Waals surface area contributed by atoms with Gasteiger partial charge in [0.1, 0.15) is 11.5 Å². The number of ether oxygens (including phenoxy) is 1. The number of aromatic nitrogens is 2. The quantitative estimate of drug-likeness (QED) is 0.749. The van der Waals surface area contributed by atoms with Crippen LogP contribution in [-0.4, -0.2) is 40.7 Å². The Labute approximate surface area is 140 Å². The van der Waals surface area contributed by atoms with Crippen LogP contribution in [0.3, 0.4) is 0 Å². The zero-order valence-electron chi connectivity index (χ0n) is 13.6. The number of aryl methyl sites for hydroxylation is 1. The smallest absolute Gasteiger partial charge is 0.259 e. The molecule has 24 heavy (non-hydrogen) atoms. The summed E-state index contributed by atoms with van der Waals surface area (Å²) in [7, 11) is 1.51. The molecule has 3 rings (SSSR count). The molecule has 0 aromatic carbocycles. The van der Waals surface area contributed by atoms with Crippen LogP contribution in [0.15, 0.2) is 30.6 Å². The second-order valence-corrected chi connectivity index (χ2v) is 5.80. The molecule has 0 spiro atoms. The average molecular weight is 328 g/mol. The minimum Gasteiger partial charge on any atom is -0.480 e. The summed E-state index contributed by atoms with van der Waals surface area (Å²) in [6.07, 6.45) is 4.14. The van der Waals surface area contributed by atoms with Crippen LogP contribution in [0.2, 0.25) is 0 Å². The first-order chi connectivity index (χ1) is 11.6. The van der Waals surface area contributed by atoms with Crippen molar-refractivity contribution in [1.82, 2.24) is 9.97 Å². The number of carbonyl (C=O) groups excluding carboxylic acids is 1. The predicted molar refractivity (Wildman–Crippen MR) is 90.3 cm³/mol. The molecule has 2 aromatic heterocycles. The normalized spacial score (nSPS) is 18.8. The van der Waals surface area contributed by atoms with Gasteiger partial charge in [0.15, 0.2) is 0 Å². The highest BCUT2D eigenvalue weighted by atomic mass is 16.5. The molecule has 7 nitrogen and oxygen atoms in total. The fraction of sp³-hybridized carbons (Fsp3) is 0.353. The molecule has 2 atom stereocenters. The van der Waals surface area contributed by atoms with Crippen molar-refractivity contribution in [3.63, 3.8) is 0 Å². The second-order valence-electron chi connectivity index (χ2n) is 5.80. The molecule has 2 unspecified atom stereocenters. The summed E-state index contributed by atoms with van der Waals surface area (Å²) in [5.41, 5.74) is 1.84. The van der Waals surface area contributed by atoms with E-state index in [2.05, 4.69) is 20.6 Å². The summed E-state index contributed by atoms with van der Waals surface area (Å²) in [6, 6.07) is 5.38. The van der Waals surface area contributed by atoms with E-state index in [0.29, 0.717) is 22.9 Å². The van der Waals surface area contributed by atoms with Crippen molar-refractivity contribution in [2.24, 2.45) is 5.92 Å². The van der Waals surface area contributed by atoms with Crippen molar-refractivity contribution >= 4 is 17.4 Å². The fourth-order valence-corrected chi connectivity index (χ4v) is 2.53. The highest BCUT2D eigenvalue weighted by Crippen LogP contribution is 2.33. The Morgan fingerprint density at radius 3 is 2.92 bits per heavy atom. The maximum absolute atomic E-state index is 12.7. The first-order valence-corrected chi connectivity index (χ1v) is 7.77. The van der Waals surface area contributed by atoms with Gasteiger partial charge in [-0.15, -0.1) is 0 Å². The van der Waals surface area contributed by atoms with E-state index in [1.807, 2.05) is 6.92 Å². The number of hydrogen-bond acceptors (Lipinski definition) is 6. The molecule has 1 saturated carbocycles. The molecule has 1 amide bonds. The molecular weight excluding hydrogens is 308 g/mol. The summed E-state index contributed by atoms with van der Waals surface area (Å²) in [5.74, 6) is 0.811. The topological polar surface area (TPSA) is 96.4 Å². The first kappa shape index (κ1) is 16.2. The van der Waals surface area contributed by atoms with E-state index in [-0.39, 0.29) is 24.5 Å².